The van der Waals surface area contributed by atoms with E-state index in [9.17, 15) is 9.59 Å². The van der Waals surface area contributed by atoms with Gasteiger partial charge in [0.1, 0.15) is 0 Å². The van der Waals surface area contributed by atoms with Crippen LogP contribution in [0.15, 0.2) is 53.3 Å². The number of fused-ring (bicyclic) bond motifs is 1. The van der Waals surface area contributed by atoms with Gasteiger partial charge in [-0.05, 0) is 80.5 Å². The first-order valence-corrected chi connectivity index (χ1v) is 10.8. The number of amides is 1. The van der Waals surface area contributed by atoms with Gasteiger partial charge in [-0.2, -0.15) is 0 Å². The van der Waals surface area contributed by atoms with Gasteiger partial charge in [-0.1, -0.05) is 19.1 Å². The van der Waals surface area contributed by atoms with Crippen molar-refractivity contribution in [3.8, 4) is 5.69 Å². The zero-order valence-corrected chi connectivity index (χ0v) is 17.9. The molecule has 0 bridgehead atoms. The third kappa shape index (κ3) is 4.37. The van der Waals surface area contributed by atoms with Crippen LogP contribution in [0.3, 0.4) is 0 Å². The van der Waals surface area contributed by atoms with E-state index in [0.717, 1.165) is 25.6 Å². The van der Waals surface area contributed by atoms with E-state index >= 15 is 0 Å². The maximum absolute atomic E-state index is 12.9. The van der Waals surface area contributed by atoms with Crippen molar-refractivity contribution in [3.05, 3.63) is 69.2 Å². The highest BCUT2D eigenvalue weighted by Gasteiger charge is 2.15. The van der Waals surface area contributed by atoms with Gasteiger partial charge in [0, 0.05) is 18.7 Å². The molecule has 6 nitrogen and oxygen atoms in total. The number of hydrogen-bond acceptors (Lipinski definition) is 4. The minimum absolute atomic E-state index is 0.108. The molecule has 0 atom stereocenters. The van der Waals surface area contributed by atoms with E-state index in [2.05, 4.69) is 22.1 Å². The Kier molecular flexibility index (Phi) is 6.11. The maximum atomic E-state index is 12.9. The van der Waals surface area contributed by atoms with Gasteiger partial charge >= 0.3 is 0 Å². The fourth-order valence-corrected chi connectivity index (χ4v) is 4.17. The molecule has 1 aliphatic rings. The molecule has 0 radical (unpaired) electrons. The lowest BCUT2D eigenvalue weighted by Crippen LogP contribution is -2.39. The first-order chi connectivity index (χ1) is 14.5. The highest BCUT2D eigenvalue weighted by Crippen LogP contribution is 2.15. The van der Waals surface area contributed by atoms with Crippen molar-refractivity contribution >= 4 is 29.0 Å². The number of H-pyrrole nitrogens is 1. The molecule has 2 N–H and O–H groups in total. The second-order valence-corrected chi connectivity index (χ2v) is 8.33. The van der Waals surface area contributed by atoms with Crippen LogP contribution in [0.1, 0.15) is 30.1 Å². The summed E-state index contributed by atoms with van der Waals surface area (Å²) in [5.74, 6) is 0.695. The van der Waals surface area contributed by atoms with E-state index in [1.807, 2.05) is 18.2 Å². The zero-order valence-electron chi connectivity index (χ0n) is 17.1. The molecule has 156 valence electrons. The Bertz CT molecular complexity index is 1160. The predicted molar refractivity (Wildman–Crippen MR) is 122 cm³/mol. The highest BCUT2D eigenvalue weighted by molar-refractivity contribution is 7.71. The van der Waals surface area contributed by atoms with E-state index < -0.39 is 0 Å². The van der Waals surface area contributed by atoms with E-state index in [1.54, 1.807) is 30.3 Å². The fourth-order valence-electron chi connectivity index (χ4n) is 3.87. The third-order valence-electron chi connectivity index (χ3n) is 5.78. The Balaban J connectivity index is 1.44. The van der Waals surface area contributed by atoms with Crippen molar-refractivity contribution in [2.24, 2.45) is 5.92 Å². The van der Waals surface area contributed by atoms with Gasteiger partial charge in [-0.3, -0.25) is 14.2 Å². The quantitative estimate of drug-likeness (QED) is 0.618. The molecule has 2 heterocycles. The number of hydrogen-bond donors (Lipinski definition) is 2. The van der Waals surface area contributed by atoms with Crippen LogP contribution in [-0.2, 0) is 0 Å². The summed E-state index contributed by atoms with van der Waals surface area (Å²) in [5.41, 5.74) is 1.73. The molecule has 1 amide bonds. The Hall–Kier alpha value is -2.77. The Morgan fingerprint density at radius 3 is 2.57 bits per heavy atom. The normalized spacial score (nSPS) is 15.4. The zero-order chi connectivity index (χ0) is 21.1. The number of carbonyl (C=O) groups excluding carboxylic acids is 1. The van der Waals surface area contributed by atoms with E-state index in [0.29, 0.717) is 33.5 Å². The molecular weight excluding hydrogens is 396 g/mol. The van der Waals surface area contributed by atoms with Gasteiger partial charge in [0.2, 0.25) is 0 Å². The molecule has 2 aromatic carbocycles. The lowest BCUT2D eigenvalue weighted by Gasteiger charge is -2.30. The molecule has 30 heavy (non-hydrogen) atoms. The largest absolute Gasteiger partial charge is 0.351 e. The monoisotopic (exact) mass is 422 g/mol. The average molecular weight is 423 g/mol. The van der Waals surface area contributed by atoms with Crippen LogP contribution in [0.4, 0.5) is 0 Å². The van der Waals surface area contributed by atoms with Crippen LogP contribution in [0.5, 0.6) is 0 Å². The summed E-state index contributed by atoms with van der Waals surface area (Å²) in [6.45, 7) is 6.00. The second-order valence-electron chi connectivity index (χ2n) is 7.94. The molecule has 1 fully saturated rings. The first kappa shape index (κ1) is 20.5. The average Bonchev–Trinajstić information content (AvgIpc) is 2.75. The van der Waals surface area contributed by atoms with Gasteiger partial charge in [-0.15, -0.1) is 0 Å². The summed E-state index contributed by atoms with van der Waals surface area (Å²) in [5, 5.41) is 3.56. The summed E-state index contributed by atoms with van der Waals surface area (Å²) < 4.78 is 1.78. The highest BCUT2D eigenvalue weighted by atomic mass is 32.1. The predicted octanol–water partition coefficient (Wildman–Crippen LogP) is 3.51. The summed E-state index contributed by atoms with van der Waals surface area (Å²) >= 11 is 5.38. The SMILES string of the molecule is CC1CCN(CCNC(=O)c2ccc(-n3c(=S)[nH]c4ccccc4c3=O)cc2)CC1. The number of benzene rings is 2. The van der Waals surface area contributed by atoms with Gasteiger partial charge < -0.3 is 15.2 Å². The summed E-state index contributed by atoms with van der Waals surface area (Å²) in [6.07, 6.45) is 2.46. The topological polar surface area (TPSA) is 70.1 Å². The molecular formula is C23H26N4O2S. The lowest BCUT2D eigenvalue weighted by atomic mass is 9.99. The van der Waals surface area contributed by atoms with Crippen molar-refractivity contribution in [1.29, 1.82) is 0 Å². The van der Waals surface area contributed by atoms with Crippen LogP contribution in [0.2, 0.25) is 0 Å². The number of likely N-dealkylation sites (tertiary alicyclic amines) is 1. The molecule has 4 rings (SSSR count). The van der Waals surface area contributed by atoms with Crippen molar-refractivity contribution in [2.75, 3.05) is 26.2 Å². The number of aromatic nitrogens is 2. The van der Waals surface area contributed by atoms with Crippen LogP contribution in [0.25, 0.3) is 16.6 Å². The van der Waals surface area contributed by atoms with Crippen molar-refractivity contribution in [2.45, 2.75) is 19.8 Å². The molecule has 1 aliphatic heterocycles. The number of piperidine rings is 1. The molecule has 1 aromatic heterocycles. The fraction of sp³-hybridized carbons (Fsp3) is 0.348. The van der Waals surface area contributed by atoms with Gasteiger partial charge in [-0.25, -0.2) is 0 Å². The molecule has 7 heteroatoms. The van der Waals surface area contributed by atoms with Crippen LogP contribution in [-0.4, -0.2) is 46.5 Å². The number of para-hydroxylation sites is 1. The first-order valence-electron chi connectivity index (χ1n) is 10.4. The smallest absolute Gasteiger partial charge is 0.266 e. The second kappa shape index (κ2) is 8.93. The third-order valence-corrected chi connectivity index (χ3v) is 6.07. The number of nitrogens with one attached hydrogen (secondary N) is 2. The molecule has 0 aliphatic carbocycles. The van der Waals surface area contributed by atoms with Gasteiger partial charge in [0.25, 0.3) is 11.5 Å². The van der Waals surface area contributed by atoms with E-state index in [4.69, 9.17) is 12.2 Å². The van der Waals surface area contributed by atoms with Crippen LogP contribution < -0.4 is 10.9 Å². The van der Waals surface area contributed by atoms with Crippen molar-refractivity contribution in [1.82, 2.24) is 19.8 Å². The maximum Gasteiger partial charge on any atom is 0.266 e. The summed E-state index contributed by atoms with van der Waals surface area (Å²) in [4.78, 5) is 30.8. The Morgan fingerprint density at radius 1 is 1.13 bits per heavy atom. The molecule has 0 spiro atoms. The van der Waals surface area contributed by atoms with Crippen LogP contribution in [0, 0.1) is 10.7 Å². The van der Waals surface area contributed by atoms with E-state index in [-0.39, 0.29) is 11.5 Å². The standard InChI is InChI=1S/C23H26N4O2S/c1-16-10-13-26(14-11-16)15-12-24-21(28)17-6-8-18(9-7-17)27-22(29)19-4-2-3-5-20(19)25-23(27)30/h2-9,16H,10-15H2,1H3,(H,24,28)(H,25,30). The summed E-state index contributed by atoms with van der Waals surface area (Å²) in [7, 11) is 0. The van der Waals surface area contributed by atoms with Crippen LogP contribution >= 0.6 is 12.2 Å². The number of rotatable bonds is 5. The van der Waals surface area contributed by atoms with Crippen molar-refractivity contribution < 1.29 is 4.79 Å². The Labute approximate surface area is 180 Å². The molecule has 3 aromatic rings. The number of nitrogens with zero attached hydrogens (tertiary/aromatic N) is 2. The summed E-state index contributed by atoms with van der Waals surface area (Å²) in [6, 6.07) is 14.2. The Morgan fingerprint density at radius 2 is 1.83 bits per heavy atom. The lowest BCUT2D eigenvalue weighted by molar-refractivity contribution is 0.0944. The minimum Gasteiger partial charge on any atom is -0.351 e. The minimum atomic E-state index is -0.178. The van der Waals surface area contributed by atoms with Gasteiger partial charge in [0.05, 0.1) is 16.6 Å². The van der Waals surface area contributed by atoms with Crippen molar-refractivity contribution in [3.63, 3.8) is 0 Å². The molecule has 0 unspecified atom stereocenters. The van der Waals surface area contributed by atoms with Gasteiger partial charge in [0.15, 0.2) is 4.77 Å². The number of aromatic amines is 1. The molecule has 1 saturated heterocycles. The van der Waals surface area contributed by atoms with E-state index in [1.165, 1.54) is 17.4 Å². The molecule has 0 saturated carbocycles. The number of carbonyl (C=O) groups is 1.